The van der Waals surface area contributed by atoms with Crippen LogP contribution in [0, 0.1) is 33.5 Å². The maximum absolute atomic E-state index is 14.8. The maximum atomic E-state index is 14.8. The molecule has 9 nitrogen and oxygen atoms in total. The molecule has 1 aromatic heterocycles. The number of rotatable bonds is 13. The molecule has 0 spiro atoms. The zero-order chi connectivity index (χ0) is 34.2. The predicted molar refractivity (Wildman–Crippen MR) is 180 cm³/mol. The summed E-state index contributed by atoms with van der Waals surface area (Å²) < 4.78 is 21.4. The zero-order valence-corrected chi connectivity index (χ0v) is 28.4. The highest BCUT2D eigenvalue weighted by Crippen LogP contribution is 2.31. The number of hydrogen-bond donors (Lipinski definition) is 1. The van der Waals surface area contributed by atoms with Gasteiger partial charge in [-0.3, -0.25) is 19.3 Å². The van der Waals surface area contributed by atoms with Crippen LogP contribution in [-0.2, 0) is 11.2 Å². The predicted octanol–water partition coefficient (Wildman–Crippen LogP) is 5.64. The summed E-state index contributed by atoms with van der Waals surface area (Å²) in [7, 11) is 0. The van der Waals surface area contributed by atoms with Crippen LogP contribution in [0.5, 0.6) is 5.75 Å². The first kappa shape index (κ1) is 35.4. The van der Waals surface area contributed by atoms with Gasteiger partial charge in [0.2, 0.25) is 5.91 Å². The monoisotopic (exact) mass is 643 g/mol. The van der Waals surface area contributed by atoms with E-state index in [1.807, 2.05) is 40.7 Å². The molecule has 0 bridgehead atoms. The average molecular weight is 644 g/mol. The van der Waals surface area contributed by atoms with Gasteiger partial charge in [-0.05, 0) is 101 Å². The minimum Gasteiger partial charge on any atom is -0.484 e. The van der Waals surface area contributed by atoms with Crippen LogP contribution in [0.25, 0.3) is 0 Å². The smallest absolute Gasteiger partial charge is 0.255 e. The van der Waals surface area contributed by atoms with Gasteiger partial charge >= 0.3 is 0 Å². The van der Waals surface area contributed by atoms with Crippen LogP contribution in [0.1, 0.15) is 87.3 Å². The van der Waals surface area contributed by atoms with Crippen LogP contribution >= 0.6 is 0 Å². The van der Waals surface area contributed by atoms with E-state index in [2.05, 4.69) is 26.8 Å². The van der Waals surface area contributed by atoms with Gasteiger partial charge in [-0.2, -0.15) is 0 Å². The Morgan fingerprint density at radius 2 is 1.85 bits per heavy atom. The van der Waals surface area contributed by atoms with Crippen molar-refractivity contribution in [3.8, 4) is 5.75 Å². The molecule has 1 aliphatic rings. The van der Waals surface area contributed by atoms with E-state index in [9.17, 15) is 18.8 Å². The number of ketones is 1. The molecule has 0 unspecified atom stereocenters. The highest BCUT2D eigenvalue weighted by Gasteiger charge is 2.30. The molecule has 1 fully saturated rings. The normalized spacial score (nSPS) is 15.6. The lowest BCUT2D eigenvalue weighted by molar-refractivity contribution is -0.130. The molecule has 2 amide bonds. The lowest BCUT2D eigenvalue weighted by Gasteiger charge is -2.40. The van der Waals surface area contributed by atoms with Crippen molar-refractivity contribution < 1.29 is 23.5 Å². The number of amides is 2. The second-order valence-corrected chi connectivity index (χ2v) is 12.3. The van der Waals surface area contributed by atoms with E-state index in [0.717, 1.165) is 11.3 Å². The zero-order valence-electron chi connectivity index (χ0n) is 28.4. The van der Waals surface area contributed by atoms with Crippen LogP contribution in [-0.4, -0.2) is 76.1 Å². The second kappa shape index (κ2) is 15.9. The van der Waals surface area contributed by atoms with Crippen molar-refractivity contribution >= 4 is 17.6 Å². The SMILES string of the molecule is C=CC(=O)N1CCN(C[C@@H](Oc2cc(C)c(C(=O)CCCc3nc(C)ncc3C)cc2C(=O)NCC)c2ccc(C)c(F)c2)C[C@H]1C. The first-order chi connectivity index (χ1) is 22.4. The molecule has 250 valence electrons. The standard InChI is InChI=1S/C37H46FN5O4/c1-8-36(45)43-16-15-42(21-26(43)6)22-35(28-14-13-23(3)31(38)18-28)47-34-17-24(4)29(19-30(34)37(46)39-9-2)33(44)12-10-11-32-25(5)20-40-27(7)41-32/h8,13-14,17-20,26,35H,1,9-12,15-16,21-22H2,2-7H3,(H,39,46)/t26-,35-/m1/s1. The largest absolute Gasteiger partial charge is 0.484 e. The highest BCUT2D eigenvalue weighted by molar-refractivity contribution is 6.03. The quantitative estimate of drug-likeness (QED) is 0.190. The molecule has 1 N–H and O–H groups in total. The third-order valence-electron chi connectivity index (χ3n) is 8.65. The van der Waals surface area contributed by atoms with Crippen LogP contribution in [0.2, 0.25) is 0 Å². The molecule has 1 aliphatic heterocycles. The van der Waals surface area contributed by atoms with Crippen molar-refractivity contribution in [1.29, 1.82) is 0 Å². The molecule has 4 rings (SSSR count). The van der Waals surface area contributed by atoms with Gasteiger partial charge in [-0.25, -0.2) is 14.4 Å². The number of nitrogens with zero attached hydrogens (tertiary/aromatic N) is 4. The van der Waals surface area contributed by atoms with Crippen molar-refractivity contribution in [2.24, 2.45) is 0 Å². The summed E-state index contributed by atoms with van der Waals surface area (Å²) >= 11 is 0. The minimum atomic E-state index is -0.632. The number of piperazine rings is 1. The number of halogens is 1. The molecule has 2 heterocycles. The van der Waals surface area contributed by atoms with Gasteiger partial charge < -0.3 is 15.0 Å². The fourth-order valence-corrected chi connectivity index (χ4v) is 5.95. The molecule has 0 aliphatic carbocycles. The number of ether oxygens (including phenoxy) is 1. The van der Waals surface area contributed by atoms with Gasteiger partial charge in [0.05, 0.1) is 5.56 Å². The van der Waals surface area contributed by atoms with E-state index in [1.165, 1.54) is 12.1 Å². The number of aromatic nitrogens is 2. The van der Waals surface area contributed by atoms with Crippen molar-refractivity contribution in [2.45, 2.75) is 73.0 Å². The molecule has 2 atom stereocenters. The van der Waals surface area contributed by atoms with Crippen LogP contribution in [0.15, 0.2) is 49.2 Å². The minimum absolute atomic E-state index is 0.0506. The fraction of sp³-hybridized carbons (Fsp3) is 0.432. The van der Waals surface area contributed by atoms with Gasteiger partial charge in [0.1, 0.15) is 23.5 Å². The summed E-state index contributed by atoms with van der Waals surface area (Å²) in [5.41, 5.74) is 4.45. The van der Waals surface area contributed by atoms with E-state index in [0.29, 0.717) is 85.8 Å². The third kappa shape index (κ3) is 8.88. The molecule has 3 aromatic rings. The fourth-order valence-electron chi connectivity index (χ4n) is 5.95. The van der Waals surface area contributed by atoms with Crippen LogP contribution < -0.4 is 10.1 Å². The summed E-state index contributed by atoms with van der Waals surface area (Å²) in [5.74, 6) is 0.127. The van der Waals surface area contributed by atoms with Crippen molar-refractivity contribution in [3.05, 3.63) is 99.9 Å². The van der Waals surface area contributed by atoms with E-state index in [4.69, 9.17) is 4.74 Å². The van der Waals surface area contributed by atoms with E-state index < -0.39 is 6.10 Å². The third-order valence-corrected chi connectivity index (χ3v) is 8.65. The Morgan fingerprint density at radius 3 is 2.53 bits per heavy atom. The Labute approximate surface area is 277 Å². The molecular formula is C37H46FN5O4. The number of aryl methyl sites for hydroxylation is 5. The van der Waals surface area contributed by atoms with Gasteiger partial charge in [-0.15, -0.1) is 0 Å². The molecule has 1 saturated heterocycles. The van der Waals surface area contributed by atoms with Gasteiger partial charge in [0.25, 0.3) is 5.91 Å². The molecule has 10 heteroatoms. The first-order valence-electron chi connectivity index (χ1n) is 16.2. The van der Waals surface area contributed by atoms with Gasteiger partial charge in [0, 0.05) is 62.6 Å². The Bertz CT molecular complexity index is 1640. The van der Waals surface area contributed by atoms with Crippen molar-refractivity contribution in [2.75, 3.05) is 32.7 Å². The molecule has 2 aromatic carbocycles. The first-order valence-corrected chi connectivity index (χ1v) is 16.2. The molecule has 47 heavy (non-hydrogen) atoms. The average Bonchev–Trinajstić information content (AvgIpc) is 3.03. The summed E-state index contributed by atoms with van der Waals surface area (Å²) in [6.07, 6.45) is 4.04. The number of Topliss-reactive ketones (excluding diaryl/α,β-unsaturated/α-hetero) is 1. The van der Waals surface area contributed by atoms with Crippen molar-refractivity contribution in [3.63, 3.8) is 0 Å². The number of hydrogen-bond acceptors (Lipinski definition) is 7. The van der Waals surface area contributed by atoms with E-state index >= 15 is 0 Å². The lowest BCUT2D eigenvalue weighted by atomic mass is 9.96. The summed E-state index contributed by atoms with van der Waals surface area (Å²) in [6.45, 7) is 17.3. The summed E-state index contributed by atoms with van der Waals surface area (Å²) in [6, 6.07) is 8.32. The molecule has 0 radical (unpaired) electrons. The van der Waals surface area contributed by atoms with Gasteiger partial charge in [0.15, 0.2) is 5.78 Å². The maximum Gasteiger partial charge on any atom is 0.255 e. The number of carbonyl (C=O) groups excluding carboxylic acids is 3. The Morgan fingerprint density at radius 1 is 1.09 bits per heavy atom. The lowest BCUT2D eigenvalue weighted by Crippen LogP contribution is -2.54. The van der Waals surface area contributed by atoms with E-state index in [1.54, 1.807) is 36.2 Å². The highest BCUT2D eigenvalue weighted by atomic mass is 19.1. The Balaban J connectivity index is 1.61. The van der Waals surface area contributed by atoms with E-state index in [-0.39, 0.29) is 35.0 Å². The van der Waals surface area contributed by atoms with Crippen molar-refractivity contribution in [1.82, 2.24) is 25.1 Å². The Hall–Kier alpha value is -4.44. The topological polar surface area (TPSA) is 105 Å². The summed E-state index contributed by atoms with van der Waals surface area (Å²) in [4.78, 5) is 51.8. The number of benzene rings is 2. The van der Waals surface area contributed by atoms with Gasteiger partial charge in [-0.1, -0.05) is 18.7 Å². The second-order valence-electron chi connectivity index (χ2n) is 12.3. The molecular weight excluding hydrogens is 597 g/mol. The van der Waals surface area contributed by atoms with Crippen LogP contribution in [0.4, 0.5) is 4.39 Å². The number of nitrogens with one attached hydrogen (secondary N) is 1. The Kier molecular flexibility index (Phi) is 12.0. The number of carbonyl (C=O) groups is 3. The van der Waals surface area contributed by atoms with Crippen LogP contribution in [0.3, 0.4) is 0 Å². The summed E-state index contributed by atoms with van der Waals surface area (Å²) in [5, 5.41) is 2.84. The molecule has 0 saturated carbocycles.